The van der Waals surface area contributed by atoms with Crippen LogP contribution in [0, 0.1) is 0 Å². The van der Waals surface area contributed by atoms with Crippen LogP contribution in [-0.4, -0.2) is 38.1 Å². The highest BCUT2D eigenvalue weighted by atomic mass is 32.2. The van der Waals surface area contributed by atoms with Gasteiger partial charge in [-0.15, -0.1) is 0 Å². The van der Waals surface area contributed by atoms with Crippen molar-refractivity contribution in [1.82, 2.24) is 0 Å². The van der Waals surface area contributed by atoms with E-state index < -0.39 is 37.8 Å². The second-order valence-corrected chi connectivity index (χ2v) is 5.46. The summed E-state index contributed by atoms with van der Waals surface area (Å²) >= 11 is 0. The number of carbonyl (C=O) groups is 2. The number of rotatable bonds is 4. The fourth-order valence-corrected chi connectivity index (χ4v) is 2.25. The highest BCUT2D eigenvalue weighted by Crippen LogP contribution is 2.25. The quantitative estimate of drug-likeness (QED) is 0.488. The maximum atomic E-state index is 11.7. The van der Waals surface area contributed by atoms with Gasteiger partial charge >= 0.3 is 5.97 Å². The van der Waals surface area contributed by atoms with Crippen LogP contribution < -0.4 is 0 Å². The third kappa shape index (κ3) is 2.86. The minimum atomic E-state index is -3.74. The minimum absolute atomic E-state index is 0.0215. The van der Waals surface area contributed by atoms with Crippen LogP contribution in [0.4, 0.5) is 0 Å². The van der Waals surface area contributed by atoms with Crippen molar-refractivity contribution in [2.45, 2.75) is 11.8 Å². The number of ketones is 1. The standard InChI is InChI=1S/C11H12O6S/c1-3-17-11(14)10(13)9-7(12)5-4-6-8(9)18(2,15)16/h4-6,12H,3H2,1-2H3. The lowest BCUT2D eigenvalue weighted by Crippen LogP contribution is -2.20. The van der Waals surface area contributed by atoms with Crippen molar-refractivity contribution in [1.29, 1.82) is 0 Å². The van der Waals surface area contributed by atoms with Gasteiger partial charge < -0.3 is 9.84 Å². The van der Waals surface area contributed by atoms with Crippen LogP contribution in [-0.2, 0) is 19.4 Å². The summed E-state index contributed by atoms with van der Waals surface area (Å²) in [4.78, 5) is 22.6. The number of ether oxygens (including phenoxy) is 1. The third-order valence-corrected chi connectivity index (χ3v) is 3.23. The Labute approximate surface area is 104 Å². The van der Waals surface area contributed by atoms with E-state index in [9.17, 15) is 23.1 Å². The number of phenols is 1. The van der Waals surface area contributed by atoms with Gasteiger partial charge in [0.05, 0.1) is 17.1 Å². The molecule has 0 amide bonds. The summed E-state index contributed by atoms with van der Waals surface area (Å²) in [6.45, 7) is 1.49. The van der Waals surface area contributed by atoms with Crippen LogP contribution in [0.1, 0.15) is 17.3 Å². The molecule has 0 saturated carbocycles. The smallest absolute Gasteiger partial charge is 0.379 e. The molecular weight excluding hydrogens is 260 g/mol. The number of Topliss-reactive ketones (excluding diaryl/α,β-unsaturated/α-hetero) is 1. The summed E-state index contributed by atoms with van der Waals surface area (Å²) in [5.74, 6) is -2.96. The van der Waals surface area contributed by atoms with Crippen molar-refractivity contribution in [3.63, 3.8) is 0 Å². The Morgan fingerprint density at radius 1 is 1.33 bits per heavy atom. The summed E-state index contributed by atoms with van der Waals surface area (Å²) < 4.78 is 27.4. The number of hydrogen-bond donors (Lipinski definition) is 1. The van der Waals surface area contributed by atoms with Crippen molar-refractivity contribution in [2.75, 3.05) is 12.9 Å². The normalized spacial score (nSPS) is 11.0. The first-order valence-corrected chi connectivity index (χ1v) is 6.91. The first kappa shape index (κ1) is 14.2. The Bertz CT molecular complexity index is 588. The van der Waals surface area contributed by atoms with Crippen LogP contribution in [0.3, 0.4) is 0 Å². The van der Waals surface area contributed by atoms with Crippen LogP contribution in [0.2, 0.25) is 0 Å². The van der Waals surface area contributed by atoms with Crippen molar-refractivity contribution < 1.29 is 27.9 Å². The van der Waals surface area contributed by atoms with Crippen LogP contribution in [0.15, 0.2) is 23.1 Å². The largest absolute Gasteiger partial charge is 0.507 e. The molecule has 6 nitrogen and oxygen atoms in total. The number of sulfone groups is 1. The van der Waals surface area contributed by atoms with Gasteiger partial charge in [-0.05, 0) is 19.1 Å². The van der Waals surface area contributed by atoms with Crippen molar-refractivity contribution in [3.05, 3.63) is 23.8 Å². The first-order chi connectivity index (χ1) is 8.29. The lowest BCUT2D eigenvalue weighted by molar-refractivity contribution is -0.137. The predicted octanol–water partition coefficient (Wildman–Crippen LogP) is 0.542. The van der Waals surface area contributed by atoms with E-state index >= 15 is 0 Å². The molecule has 7 heteroatoms. The molecule has 0 aliphatic rings. The second kappa shape index (κ2) is 5.18. The van der Waals surface area contributed by atoms with E-state index in [0.717, 1.165) is 18.4 Å². The lowest BCUT2D eigenvalue weighted by Gasteiger charge is -2.08. The molecular formula is C11H12O6S. The molecule has 0 bridgehead atoms. The average molecular weight is 272 g/mol. The monoisotopic (exact) mass is 272 g/mol. The summed E-state index contributed by atoms with van der Waals surface area (Å²) in [7, 11) is -3.74. The Morgan fingerprint density at radius 3 is 2.44 bits per heavy atom. The number of carbonyl (C=O) groups excluding carboxylic acids is 2. The van der Waals surface area contributed by atoms with E-state index in [1.54, 1.807) is 0 Å². The molecule has 0 radical (unpaired) electrons. The number of benzene rings is 1. The maximum absolute atomic E-state index is 11.7. The van der Waals surface area contributed by atoms with Gasteiger partial charge in [0, 0.05) is 6.26 Å². The molecule has 0 spiro atoms. The van der Waals surface area contributed by atoms with Gasteiger partial charge in [0.1, 0.15) is 5.75 Å². The molecule has 0 saturated heterocycles. The Kier molecular flexibility index (Phi) is 4.07. The van der Waals surface area contributed by atoms with Gasteiger partial charge in [-0.1, -0.05) is 6.07 Å². The third-order valence-electron chi connectivity index (χ3n) is 2.09. The molecule has 0 atom stereocenters. The minimum Gasteiger partial charge on any atom is -0.507 e. The van der Waals surface area contributed by atoms with Gasteiger partial charge in [0.15, 0.2) is 9.84 Å². The fourth-order valence-electron chi connectivity index (χ4n) is 1.36. The van der Waals surface area contributed by atoms with Crippen molar-refractivity contribution >= 4 is 21.6 Å². The van der Waals surface area contributed by atoms with E-state index in [1.165, 1.54) is 13.0 Å². The summed E-state index contributed by atoms with van der Waals surface area (Å²) in [6, 6.07) is 3.54. The van der Waals surface area contributed by atoms with Crippen LogP contribution in [0.5, 0.6) is 5.75 Å². The number of esters is 1. The molecule has 1 rings (SSSR count). The van der Waals surface area contributed by atoms with Gasteiger partial charge in [0.2, 0.25) is 0 Å². The Hall–Kier alpha value is -1.89. The van der Waals surface area contributed by atoms with E-state index in [0.29, 0.717) is 0 Å². The van der Waals surface area contributed by atoms with E-state index in [2.05, 4.69) is 4.74 Å². The Balaban J connectivity index is 3.40. The molecule has 0 fully saturated rings. The molecule has 0 aliphatic carbocycles. The van der Waals surface area contributed by atoms with Gasteiger partial charge in [-0.25, -0.2) is 13.2 Å². The highest BCUT2D eigenvalue weighted by molar-refractivity contribution is 7.90. The summed E-state index contributed by atoms with van der Waals surface area (Å²) in [6.07, 6.45) is 0.879. The Morgan fingerprint density at radius 2 is 1.94 bits per heavy atom. The molecule has 1 aromatic carbocycles. The molecule has 98 valence electrons. The van der Waals surface area contributed by atoms with Crippen molar-refractivity contribution in [3.8, 4) is 5.75 Å². The van der Waals surface area contributed by atoms with E-state index in [-0.39, 0.29) is 6.61 Å². The first-order valence-electron chi connectivity index (χ1n) is 5.02. The zero-order valence-corrected chi connectivity index (χ0v) is 10.7. The highest BCUT2D eigenvalue weighted by Gasteiger charge is 2.27. The molecule has 0 heterocycles. The number of hydrogen-bond acceptors (Lipinski definition) is 6. The zero-order chi connectivity index (χ0) is 13.9. The SMILES string of the molecule is CCOC(=O)C(=O)c1c(O)cccc1S(C)(=O)=O. The van der Waals surface area contributed by atoms with E-state index in [1.807, 2.05) is 0 Å². The van der Waals surface area contributed by atoms with Gasteiger partial charge in [-0.3, -0.25) is 4.79 Å². The predicted molar refractivity (Wildman–Crippen MR) is 62.2 cm³/mol. The summed E-state index contributed by atoms with van der Waals surface area (Å²) in [5.41, 5.74) is -0.557. The molecule has 18 heavy (non-hydrogen) atoms. The molecule has 0 aliphatic heterocycles. The average Bonchev–Trinajstić information content (AvgIpc) is 2.27. The second-order valence-electron chi connectivity index (χ2n) is 3.47. The molecule has 1 N–H and O–H groups in total. The van der Waals surface area contributed by atoms with Crippen LogP contribution >= 0.6 is 0 Å². The lowest BCUT2D eigenvalue weighted by atomic mass is 10.1. The summed E-state index contributed by atoms with van der Waals surface area (Å²) in [5, 5.41) is 9.55. The zero-order valence-electron chi connectivity index (χ0n) is 9.84. The van der Waals surface area contributed by atoms with E-state index in [4.69, 9.17) is 0 Å². The topological polar surface area (TPSA) is 97.7 Å². The molecule has 0 unspecified atom stereocenters. The van der Waals surface area contributed by atoms with Gasteiger partial charge in [-0.2, -0.15) is 0 Å². The maximum Gasteiger partial charge on any atom is 0.379 e. The van der Waals surface area contributed by atoms with Crippen LogP contribution in [0.25, 0.3) is 0 Å². The van der Waals surface area contributed by atoms with Gasteiger partial charge in [0.25, 0.3) is 5.78 Å². The van der Waals surface area contributed by atoms with Crippen molar-refractivity contribution in [2.24, 2.45) is 0 Å². The fraction of sp³-hybridized carbons (Fsp3) is 0.273. The number of phenolic OH excluding ortho intramolecular Hbond substituents is 1. The molecule has 0 aromatic heterocycles. The number of aromatic hydroxyl groups is 1. The molecule has 1 aromatic rings.